The van der Waals surface area contributed by atoms with E-state index in [1.807, 2.05) is 26.1 Å². The van der Waals surface area contributed by atoms with Crippen LogP contribution in [0.4, 0.5) is 0 Å². The molecular formula is C22H34IN5O2. The summed E-state index contributed by atoms with van der Waals surface area (Å²) in [5.74, 6) is 0.725. The maximum atomic E-state index is 10.8. The lowest BCUT2D eigenvalue weighted by Gasteiger charge is -2.33. The lowest BCUT2D eigenvalue weighted by Crippen LogP contribution is -2.48. The second-order valence-electron chi connectivity index (χ2n) is 7.75. The third-order valence-electron chi connectivity index (χ3n) is 4.99. The van der Waals surface area contributed by atoms with Crippen molar-refractivity contribution in [1.82, 2.24) is 20.5 Å². The molecule has 0 aliphatic carbocycles. The third kappa shape index (κ3) is 7.64. The van der Waals surface area contributed by atoms with Crippen molar-refractivity contribution in [3.63, 3.8) is 0 Å². The molecule has 30 heavy (non-hydrogen) atoms. The maximum absolute atomic E-state index is 10.8. The molecule has 1 aromatic heterocycles. The number of guanidine groups is 1. The first-order valence-corrected chi connectivity index (χ1v) is 10.4. The number of para-hydroxylation sites is 1. The quantitative estimate of drug-likeness (QED) is 0.277. The number of aliphatic hydroxyl groups is 1. The topological polar surface area (TPSA) is 82.0 Å². The highest BCUT2D eigenvalue weighted by Crippen LogP contribution is 2.16. The standard InChI is InChI=1S/C22H33N5O2.HI/c1-3-23-21(26-16-22(2,28)17-27-12-14-29-15-13-27)25-11-9-19-7-4-6-18-8-5-10-24-20(18)19;/h4-8,10,28H,3,9,11-17H2,1-2H3,(H2,23,25,26);1H. The smallest absolute Gasteiger partial charge is 0.191 e. The van der Waals surface area contributed by atoms with E-state index in [1.165, 1.54) is 5.56 Å². The Hall–Kier alpha value is -1.49. The second-order valence-corrected chi connectivity index (χ2v) is 7.75. The minimum Gasteiger partial charge on any atom is -0.387 e. The number of aliphatic imine (C=N–C) groups is 1. The lowest BCUT2D eigenvalue weighted by atomic mass is 10.1. The Kier molecular flexibility index (Phi) is 10.2. The van der Waals surface area contributed by atoms with Crippen LogP contribution in [-0.4, -0.2) is 79.0 Å². The van der Waals surface area contributed by atoms with Gasteiger partial charge in [-0.15, -0.1) is 24.0 Å². The molecule has 2 heterocycles. The zero-order chi connectivity index (χ0) is 20.5. The number of nitrogens with one attached hydrogen (secondary N) is 2. The first-order valence-electron chi connectivity index (χ1n) is 10.4. The fraction of sp³-hybridized carbons (Fsp3) is 0.545. The Morgan fingerprint density at radius 3 is 2.77 bits per heavy atom. The molecule has 3 N–H and O–H groups in total. The van der Waals surface area contributed by atoms with Gasteiger partial charge in [0.15, 0.2) is 5.96 Å². The number of ether oxygens (including phenoxy) is 1. The molecule has 8 heteroatoms. The van der Waals surface area contributed by atoms with Gasteiger partial charge in [0.1, 0.15) is 0 Å². The van der Waals surface area contributed by atoms with Gasteiger partial charge in [-0.25, -0.2) is 0 Å². The van der Waals surface area contributed by atoms with Gasteiger partial charge in [-0.05, 0) is 31.9 Å². The van der Waals surface area contributed by atoms with Crippen LogP contribution in [0.2, 0.25) is 0 Å². The van der Waals surface area contributed by atoms with Gasteiger partial charge in [0, 0.05) is 44.3 Å². The molecule has 1 atom stereocenters. The van der Waals surface area contributed by atoms with E-state index in [1.54, 1.807) is 0 Å². The van der Waals surface area contributed by atoms with Crippen molar-refractivity contribution in [3.05, 3.63) is 42.1 Å². The number of rotatable bonds is 8. The normalized spacial score (nSPS) is 17.2. The third-order valence-corrected chi connectivity index (χ3v) is 4.99. The van der Waals surface area contributed by atoms with E-state index < -0.39 is 5.60 Å². The van der Waals surface area contributed by atoms with Crippen LogP contribution in [0.5, 0.6) is 0 Å². The molecule has 1 saturated heterocycles. The zero-order valence-corrected chi connectivity index (χ0v) is 20.3. The summed E-state index contributed by atoms with van der Waals surface area (Å²) < 4.78 is 5.38. The van der Waals surface area contributed by atoms with Crippen molar-refractivity contribution >= 4 is 40.8 Å². The van der Waals surface area contributed by atoms with E-state index in [-0.39, 0.29) is 24.0 Å². The Balaban J connectivity index is 0.00000320. The number of halogens is 1. The molecule has 1 fully saturated rings. The Labute approximate surface area is 196 Å². The zero-order valence-electron chi connectivity index (χ0n) is 17.9. The largest absolute Gasteiger partial charge is 0.387 e. The van der Waals surface area contributed by atoms with Crippen molar-refractivity contribution < 1.29 is 9.84 Å². The molecule has 2 aromatic rings. The number of nitrogens with zero attached hydrogens (tertiary/aromatic N) is 3. The minimum absolute atomic E-state index is 0. The SMILES string of the molecule is CCNC(=NCC(C)(O)CN1CCOCC1)NCCc1cccc2cccnc12.I. The molecular weight excluding hydrogens is 493 g/mol. The van der Waals surface area contributed by atoms with Crippen molar-refractivity contribution in [2.24, 2.45) is 4.99 Å². The first kappa shape index (κ1) is 24.8. The summed E-state index contributed by atoms with van der Waals surface area (Å²) in [6.45, 7) is 9.51. The molecule has 0 saturated carbocycles. The summed E-state index contributed by atoms with van der Waals surface area (Å²) in [5.41, 5.74) is 1.39. The fourth-order valence-corrected chi connectivity index (χ4v) is 3.57. The molecule has 7 nitrogen and oxygen atoms in total. The summed E-state index contributed by atoms with van der Waals surface area (Å²) in [6.07, 6.45) is 2.68. The highest BCUT2D eigenvalue weighted by atomic mass is 127. The van der Waals surface area contributed by atoms with Gasteiger partial charge in [0.2, 0.25) is 0 Å². The number of aromatic nitrogens is 1. The lowest BCUT2D eigenvalue weighted by molar-refractivity contribution is -0.0179. The van der Waals surface area contributed by atoms with Gasteiger partial charge < -0.3 is 20.5 Å². The van der Waals surface area contributed by atoms with Crippen molar-refractivity contribution in [1.29, 1.82) is 0 Å². The Morgan fingerprint density at radius 1 is 1.23 bits per heavy atom. The molecule has 1 unspecified atom stereocenters. The molecule has 0 radical (unpaired) electrons. The number of hydrogen-bond acceptors (Lipinski definition) is 5. The average molecular weight is 527 g/mol. The van der Waals surface area contributed by atoms with Crippen LogP contribution in [0.1, 0.15) is 19.4 Å². The van der Waals surface area contributed by atoms with Gasteiger partial charge in [-0.3, -0.25) is 14.9 Å². The molecule has 0 spiro atoms. The highest BCUT2D eigenvalue weighted by molar-refractivity contribution is 14.0. The van der Waals surface area contributed by atoms with Crippen molar-refractivity contribution in [2.75, 3.05) is 52.5 Å². The number of hydrogen-bond donors (Lipinski definition) is 3. The number of benzene rings is 1. The van der Waals surface area contributed by atoms with Crippen LogP contribution < -0.4 is 10.6 Å². The maximum Gasteiger partial charge on any atom is 0.191 e. The van der Waals surface area contributed by atoms with Crippen molar-refractivity contribution in [3.8, 4) is 0 Å². The number of morpholine rings is 1. The molecule has 1 aliphatic heterocycles. The summed E-state index contributed by atoms with van der Waals surface area (Å²) in [7, 11) is 0. The number of pyridine rings is 1. The van der Waals surface area contributed by atoms with E-state index >= 15 is 0 Å². The summed E-state index contributed by atoms with van der Waals surface area (Å²) >= 11 is 0. The van der Waals surface area contributed by atoms with Crippen LogP contribution in [-0.2, 0) is 11.2 Å². The predicted molar refractivity (Wildman–Crippen MR) is 133 cm³/mol. The van der Waals surface area contributed by atoms with Crippen LogP contribution in [0.3, 0.4) is 0 Å². The molecule has 1 aliphatic rings. The molecule has 1 aromatic carbocycles. The van der Waals surface area contributed by atoms with Crippen LogP contribution >= 0.6 is 24.0 Å². The summed E-state index contributed by atoms with van der Waals surface area (Å²) in [4.78, 5) is 11.4. The first-order chi connectivity index (χ1) is 14.1. The van der Waals surface area contributed by atoms with E-state index in [2.05, 4.69) is 49.8 Å². The molecule has 0 amide bonds. The van der Waals surface area contributed by atoms with Gasteiger partial charge in [0.25, 0.3) is 0 Å². The molecule has 3 rings (SSSR count). The van der Waals surface area contributed by atoms with E-state index in [0.29, 0.717) is 13.1 Å². The van der Waals surface area contributed by atoms with Crippen molar-refractivity contribution in [2.45, 2.75) is 25.9 Å². The van der Waals surface area contributed by atoms with E-state index in [4.69, 9.17) is 4.74 Å². The monoisotopic (exact) mass is 527 g/mol. The molecule has 0 bridgehead atoms. The number of fused-ring (bicyclic) bond motifs is 1. The van der Waals surface area contributed by atoms with Gasteiger partial charge in [-0.2, -0.15) is 0 Å². The van der Waals surface area contributed by atoms with Crippen LogP contribution in [0.25, 0.3) is 10.9 Å². The fourth-order valence-electron chi connectivity index (χ4n) is 3.57. The minimum atomic E-state index is -0.876. The van der Waals surface area contributed by atoms with E-state index in [9.17, 15) is 5.11 Å². The molecule has 166 valence electrons. The Morgan fingerprint density at radius 2 is 2.00 bits per heavy atom. The van der Waals surface area contributed by atoms with Crippen LogP contribution in [0.15, 0.2) is 41.5 Å². The van der Waals surface area contributed by atoms with Gasteiger partial charge in [0.05, 0.1) is 30.9 Å². The van der Waals surface area contributed by atoms with E-state index in [0.717, 1.165) is 62.7 Å². The second kappa shape index (κ2) is 12.4. The highest BCUT2D eigenvalue weighted by Gasteiger charge is 2.25. The average Bonchev–Trinajstić information content (AvgIpc) is 2.72. The van der Waals surface area contributed by atoms with Gasteiger partial charge in [-0.1, -0.05) is 24.3 Å². The summed E-state index contributed by atoms with van der Waals surface area (Å²) in [5, 5.41) is 18.5. The van der Waals surface area contributed by atoms with Crippen LogP contribution in [0, 0.1) is 0 Å². The number of β-amino-alcohol motifs (C(OH)–C–C–N with tert-alkyl or cyclic N) is 1. The summed E-state index contributed by atoms with van der Waals surface area (Å²) in [6, 6.07) is 10.3. The Bertz CT molecular complexity index is 804. The van der Waals surface area contributed by atoms with Gasteiger partial charge >= 0.3 is 0 Å². The predicted octanol–water partition coefficient (Wildman–Crippen LogP) is 2.03.